The van der Waals surface area contributed by atoms with Crippen LogP contribution >= 0.6 is 0 Å². The fourth-order valence-corrected chi connectivity index (χ4v) is 1.69. The lowest BCUT2D eigenvalue weighted by Gasteiger charge is -2.01. The third-order valence-electron chi connectivity index (χ3n) is 2.72. The van der Waals surface area contributed by atoms with Crippen molar-refractivity contribution in [2.24, 2.45) is 0 Å². The number of rotatable bonds is 7. The van der Waals surface area contributed by atoms with E-state index in [-0.39, 0.29) is 18.2 Å². The van der Waals surface area contributed by atoms with Crippen molar-refractivity contribution in [2.45, 2.75) is 25.7 Å². The molecular formula is C15H18O4. The van der Waals surface area contributed by atoms with Crippen LogP contribution in [-0.4, -0.2) is 31.4 Å². The summed E-state index contributed by atoms with van der Waals surface area (Å²) in [6, 6.07) is 9.98. The molecule has 0 bridgehead atoms. The highest BCUT2D eigenvalue weighted by atomic mass is 16.6. The molecule has 19 heavy (non-hydrogen) atoms. The number of ether oxygens (including phenoxy) is 3. The zero-order valence-corrected chi connectivity index (χ0v) is 11.0. The first-order chi connectivity index (χ1) is 9.29. The molecule has 0 unspecified atom stereocenters. The second-order valence-electron chi connectivity index (χ2n) is 4.25. The monoisotopic (exact) mass is 262 g/mol. The maximum atomic E-state index is 11.1. The summed E-state index contributed by atoms with van der Waals surface area (Å²) in [4.78, 5) is 11.1. The quantitative estimate of drug-likeness (QED) is 0.429. The Hall–Kier alpha value is -1.65. The largest absolute Gasteiger partial charge is 0.463 e. The SMILES string of the molecule is CCOC(=O)/C=C/[C@H]1O[C@H]1COCc1ccccc1. The second-order valence-corrected chi connectivity index (χ2v) is 4.25. The number of benzene rings is 1. The van der Waals surface area contributed by atoms with E-state index in [1.165, 1.54) is 6.08 Å². The van der Waals surface area contributed by atoms with Gasteiger partial charge < -0.3 is 14.2 Å². The number of hydrogen-bond acceptors (Lipinski definition) is 4. The van der Waals surface area contributed by atoms with Gasteiger partial charge in [0.1, 0.15) is 12.2 Å². The molecule has 4 nitrogen and oxygen atoms in total. The minimum Gasteiger partial charge on any atom is -0.463 e. The van der Waals surface area contributed by atoms with Crippen molar-refractivity contribution in [1.82, 2.24) is 0 Å². The summed E-state index contributed by atoms with van der Waals surface area (Å²) in [6.07, 6.45) is 3.15. The van der Waals surface area contributed by atoms with Crippen molar-refractivity contribution in [3.63, 3.8) is 0 Å². The number of hydrogen-bond donors (Lipinski definition) is 0. The predicted octanol–water partition coefficient (Wildman–Crippen LogP) is 2.09. The van der Waals surface area contributed by atoms with Gasteiger partial charge in [-0.3, -0.25) is 0 Å². The van der Waals surface area contributed by atoms with E-state index in [0.717, 1.165) is 5.56 Å². The van der Waals surface area contributed by atoms with Crippen molar-refractivity contribution in [3.8, 4) is 0 Å². The number of carbonyl (C=O) groups excluding carboxylic acids is 1. The molecule has 1 aromatic carbocycles. The van der Waals surface area contributed by atoms with E-state index in [2.05, 4.69) is 0 Å². The van der Waals surface area contributed by atoms with Crippen LogP contribution < -0.4 is 0 Å². The fourth-order valence-electron chi connectivity index (χ4n) is 1.69. The standard InChI is InChI=1S/C15H18O4/c1-2-18-15(16)9-8-13-14(19-13)11-17-10-12-6-4-3-5-7-12/h3-9,13-14H,2,10-11H2,1H3/b9-8+/t13-,14+/m1/s1. The van der Waals surface area contributed by atoms with Gasteiger partial charge in [0.25, 0.3) is 0 Å². The Labute approximate surface area is 113 Å². The summed E-state index contributed by atoms with van der Waals surface area (Å²) in [5.41, 5.74) is 1.14. The minimum atomic E-state index is -0.332. The van der Waals surface area contributed by atoms with E-state index in [9.17, 15) is 4.79 Å². The van der Waals surface area contributed by atoms with Crippen LogP contribution in [0, 0.1) is 0 Å². The van der Waals surface area contributed by atoms with Gasteiger partial charge in [-0.1, -0.05) is 30.3 Å². The summed E-state index contributed by atoms with van der Waals surface area (Å²) in [5, 5.41) is 0. The molecule has 1 aliphatic heterocycles. The molecule has 4 heteroatoms. The topological polar surface area (TPSA) is 48.1 Å². The lowest BCUT2D eigenvalue weighted by atomic mass is 10.2. The van der Waals surface area contributed by atoms with Crippen LogP contribution in [-0.2, 0) is 25.6 Å². The maximum absolute atomic E-state index is 11.1. The van der Waals surface area contributed by atoms with E-state index < -0.39 is 0 Å². The lowest BCUT2D eigenvalue weighted by molar-refractivity contribution is -0.137. The molecule has 2 rings (SSSR count). The predicted molar refractivity (Wildman–Crippen MR) is 70.5 cm³/mol. The van der Waals surface area contributed by atoms with Crippen LogP contribution in [0.3, 0.4) is 0 Å². The molecule has 1 aliphatic rings. The van der Waals surface area contributed by atoms with Crippen molar-refractivity contribution in [1.29, 1.82) is 0 Å². The van der Waals surface area contributed by atoms with Gasteiger partial charge in [0.15, 0.2) is 0 Å². The number of carbonyl (C=O) groups is 1. The van der Waals surface area contributed by atoms with Gasteiger partial charge in [-0.05, 0) is 18.6 Å². The number of epoxide rings is 1. The summed E-state index contributed by atoms with van der Waals surface area (Å²) in [5.74, 6) is -0.332. The fraction of sp³-hybridized carbons (Fsp3) is 0.400. The summed E-state index contributed by atoms with van der Waals surface area (Å²) in [7, 11) is 0. The Morgan fingerprint density at radius 1 is 1.37 bits per heavy atom. The Morgan fingerprint density at radius 2 is 2.16 bits per heavy atom. The molecule has 0 spiro atoms. The van der Waals surface area contributed by atoms with Gasteiger partial charge in [0.2, 0.25) is 0 Å². The molecule has 102 valence electrons. The normalized spacial score (nSPS) is 21.5. The van der Waals surface area contributed by atoms with E-state index >= 15 is 0 Å². The Kier molecular flexibility index (Phi) is 5.12. The van der Waals surface area contributed by atoms with Crippen LogP contribution in [0.1, 0.15) is 12.5 Å². The molecule has 1 saturated heterocycles. The van der Waals surface area contributed by atoms with Crippen LogP contribution in [0.5, 0.6) is 0 Å². The number of esters is 1. The highest BCUT2D eigenvalue weighted by molar-refractivity contribution is 5.82. The lowest BCUT2D eigenvalue weighted by Crippen LogP contribution is -2.05. The van der Waals surface area contributed by atoms with Gasteiger partial charge in [-0.2, -0.15) is 0 Å². The zero-order valence-electron chi connectivity index (χ0n) is 11.0. The second kappa shape index (κ2) is 7.07. The van der Waals surface area contributed by atoms with Crippen molar-refractivity contribution in [2.75, 3.05) is 13.2 Å². The molecule has 1 aromatic rings. The summed E-state index contributed by atoms with van der Waals surface area (Å²) in [6.45, 7) is 3.28. The Balaban J connectivity index is 1.61. The molecule has 0 aromatic heterocycles. The van der Waals surface area contributed by atoms with Crippen molar-refractivity contribution >= 4 is 5.97 Å². The van der Waals surface area contributed by atoms with Crippen LogP contribution in [0.25, 0.3) is 0 Å². The molecule has 0 N–H and O–H groups in total. The molecule has 1 fully saturated rings. The van der Waals surface area contributed by atoms with E-state index in [0.29, 0.717) is 19.8 Å². The van der Waals surface area contributed by atoms with Crippen LogP contribution in [0.15, 0.2) is 42.5 Å². The minimum absolute atomic E-state index is 0.0276. The van der Waals surface area contributed by atoms with Gasteiger partial charge in [-0.15, -0.1) is 0 Å². The maximum Gasteiger partial charge on any atom is 0.330 e. The highest BCUT2D eigenvalue weighted by Crippen LogP contribution is 2.23. The average molecular weight is 262 g/mol. The third-order valence-corrected chi connectivity index (χ3v) is 2.72. The molecule has 0 radical (unpaired) electrons. The molecule has 0 aliphatic carbocycles. The van der Waals surface area contributed by atoms with Crippen molar-refractivity contribution < 1.29 is 19.0 Å². The summed E-state index contributed by atoms with van der Waals surface area (Å²) >= 11 is 0. The van der Waals surface area contributed by atoms with Gasteiger partial charge in [0, 0.05) is 6.08 Å². The first-order valence-corrected chi connectivity index (χ1v) is 6.41. The first-order valence-electron chi connectivity index (χ1n) is 6.41. The third kappa shape index (κ3) is 4.85. The van der Waals surface area contributed by atoms with Gasteiger partial charge in [0.05, 0.1) is 19.8 Å². The van der Waals surface area contributed by atoms with E-state index in [1.54, 1.807) is 13.0 Å². The Bertz CT molecular complexity index is 427. The van der Waals surface area contributed by atoms with Gasteiger partial charge >= 0.3 is 5.97 Å². The van der Waals surface area contributed by atoms with E-state index in [1.807, 2.05) is 30.3 Å². The zero-order chi connectivity index (χ0) is 13.5. The van der Waals surface area contributed by atoms with Crippen LogP contribution in [0.2, 0.25) is 0 Å². The molecule has 1 heterocycles. The Morgan fingerprint density at radius 3 is 2.89 bits per heavy atom. The highest BCUT2D eigenvalue weighted by Gasteiger charge is 2.36. The average Bonchev–Trinajstić information content (AvgIpc) is 3.17. The van der Waals surface area contributed by atoms with Crippen LogP contribution in [0.4, 0.5) is 0 Å². The molecule has 2 atom stereocenters. The molecular weight excluding hydrogens is 244 g/mol. The summed E-state index contributed by atoms with van der Waals surface area (Å²) < 4.78 is 15.7. The van der Waals surface area contributed by atoms with E-state index in [4.69, 9.17) is 14.2 Å². The smallest absolute Gasteiger partial charge is 0.330 e. The van der Waals surface area contributed by atoms with Gasteiger partial charge in [-0.25, -0.2) is 4.79 Å². The van der Waals surface area contributed by atoms with Crippen molar-refractivity contribution in [3.05, 3.63) is 48.0 Å². The molecule has 0 saturated carbocycles. The first kappa shape index (κ1) is 13.8. The molecule has 0 amide bonds.